The summed E-state index contributed by atoms with van der Waals surface area (Å²) in [6, 6.07) is 1.85. The van der Waals surface area contributed by atoms with Gasteiger partial charge >= 0.3 is 0 Å². The number of anilines is 2. The molecule has 0 amide bonds. The highest BCUT2D eigenvalue weighted by atomic mass is 127. The van der Waals surface area contributed by atoms with Crippen LogP contribution < -0.4 is 10.2 Å². The SMILES string of the molecule is CCNc1nccc(-c2nn(PI)c3nc(N4CCC5(CCOC5)CC4)c(Cl)nc23)c1Cl. The number of rotatable bonds is 5. The fraction of sp³-hybridized carbons (Fsp3) is 0.500. The van der Waals surface area contributed by atoms with Gasteiger partial charge in [0.15, 0.2) is 16.6 Å². The zero-order valence-electron chi connectivity index (χ0n) is 17.5. The van der Waals surface area contributed by atoms with E-state index in [9.17, 15) is 0 Å². The first kappa shape index (κ1) is 22.8. The van der Waals surface area contributed by atoms with Crippen LogP contribution in [-0.4, -0.2) is 57.4 Å². The van der Waals surface area contributed by atoms with Crippen LogP contribution in [-0.2, 0) is 4.74 Å². The Labute approximate surface area is 211 Å². The van der Waals surface area contributed by atoms with Gasteiger partial charge in [-0.1, -0.05) is 23.2 Å². The molecular formula is C20H23Cl2IN7OP. The van der Waals surface area contributed by atoms with Crippen molar-refractivity contribution in [1.29, 1.82) is 0 Å². The number of hydrogen-bond donors (Lipinski definition) is 1. The molecule has 0 radical (unpaired) electrons. The molecule has 2 fully saturated rings. The van der Waals surface area contributed by atoms with Crippen molar-refractivity contribution in [2.24, 2.45) is 5.41 Å². The van der Waals surface area contributed by atoms with Crippen molar-refractivity contribution in [2.75, 3.05) is 43.1 Å². The first-order valence-corrected chi connectivity index (χ1v) is 15.4. The van der Waals surface area contributed by atoms with E-state index in [0.717, 1.165) is 69.1 Å². The minimum Gasteiger partial charge on any atom is -0.381 e. The number of aromatic nitrogens is 5. The fourth-order valence-corrected chi connectivity index (χ4v) is 6.39. The van der Waals surface area contributed by atoms with E-state index in [1.165, 1.54) is 0 Å². The second-order valence-electron chi connectivity index (χ2n) is 8.20. The third-order valence-corrected chi connectivity index (χ3v) is 8.80. The summed E-state index contributed by atoms with van der Waals surface area (Å²) in [7, 11) is 0. The molecule has 2 aliphatic heterocycles. The van der Waals surface area contributed by atoms with E-state index in [2.05, 4.69) is 37.2 Å². The minimum absolute atomic E-state index is 0.321. The molecular weight excluding hydrogens is 583 g/mol. The van der Waals surface area contributed by atoms with Crippen LogP contribution in [0.4, 0.5) is 11.6 Å². The Hall–Kier alpha value is -1.00. The van der Waals surface area contributed by atoms with Crippen LogP contribution in [0, 0.1) is 5.41 Å². The largest absolute Gasteiger partial charge is 0.381 e. The lowest BCUT2D eigenvalue weighted by Crippen LogP contribution is -2.41. The normalized spacial score (nSPS) is 18.4. The number of nitrogens with zero attached hydrogens (tertiary/aromatic N) is 6. The molecule has 0 saturated carbocycles. The first-order chi connectivity index (χ1) is 15.5. The average Bonchev–Trinajstić information content (AvgIpc) is 3.40. The number of nitrogens with one attached hydrogen (secondary N) is 1. The highest BCUT2D eigenvalue weighted by molar-refractivity contribution is 14.2. The molecule has 12 heteroatoms. The van der Waals surface area contributed by atoms with E-state index < -0.39 is 0 Å². The van der Waals surface area contributed by atoms with Crippen LogP contribution in [0.1, 0.15) is 26.2 Å². The van der Waals surface area contributed by atoms with Gasteiger partial charge in [-0.15, -0.1) is 0 Å². The predicted octanol–water partition coefficient (Wildman–Crippen LogP) is 5.43. The van der Waals surface area contributed by atoms with Crippen LogP contribution in [0.2, 0.25) is 10.2 Å². The quantitative estimate of drug-likeness (QED) is 0.307. The maximum atomic E-state index is 6.69. The Morgan fingerprint density at radius 3 is 2.75 bits per heavy atom. The molecule has 170 valence electrons. The third kappa shape index (κ3) is 4.04. The number of pyridine rings is 1. The average molecular weight is 606 g/mol. The first-order valence-electron chi connectivity index (χ1n) is 10.6. The number of halogens is 3. The van der Waals surface area contributed by atoms with Gasteiger partial charge in [-0.2, -0.15) is 5.10 Å². The van der Waals surface area contributed by atoms with Gasteiger partial charge in [-0.25, -0.2) is 19.4 Å². The Balaban J connectivity index is 1.53. The lowest BCUT2D eigenvalue weighted by molar-refractivity contribution is 0.133. The molecule has 0 aliphatic carbocycles. The maximum absolute atomic E-state index is 6.69. The zero-order valence-corrected chi connectivity index (χ0v) is 22.2. The lowest BCUT2D eigenvalue weighted by atomic mass is 9.78. The molecule has 1 atom stereocenters. The maximum Gasteiger partial charge on any atom is 0.183 e. The summed E-state index contributed by atoms with van der Waals surface area (Å²) < 4.78 is 7.54. The standard InChI is InChI=1S/C20H23Cl2IN7OP/c1-2-24-17-13(21)12(3-7-25-17)14-15-18(30(28-14)32-23)27-19(16(22)26-15)29-8-4-20(5-9-29)6-10-31-11-20/h3,7,32H,2,4-6,8-11H2,1H3,(H,24,25). The Morgan fingerprint density at radius 1 is 1.25 bits per heavy atom. The Kier molecular flexibility index (Phi) is 6.64. The van der Waals surface area contributed by atoms with E-state index in [4.69, 9.17) is 43.0 Å². The Bertz CT molecular complexity index is 1140. The van der Waals surface area contributed by atoms with Crippen LogP contribution >= 0.6 is 51.6 Å². The Morgan fingerprint density at radius 2 is 2.06 bits per heavy atom. The van der Waals surface area contributed by atoms with Crippen LogP contribution in [0.25, 0.3) is 22.4 Å². The van der Waals surface area contributed by atoms with E-state index in [1.807, 2.05) is 17.4 Å². The highest BCUT2D eigenvalue weighted by Gasteiger charge is 2.39. The fourth-order valence-electron chi connectivity index (χ4n) is 4.49. The smallest absolute Gasteiger partial charge is 0.183 e. The summed E-state index contributed by atoms with van der Waals surface area (Å²) in [6.45, 7) is 6.27. The van der Waals surface area contributed by atoms with Crippen molar-refractivity contribution in [3.05, 3.63) is 22.4 Å². The highest BCUT2D eigenvalue weighted by Crippen LogP contribution is 2.42. The molecule has 1 spiro atoms. The number of piperidine rings is 1. The van der Waals surface area contributed by atoms with E-state index in [1.54, 1.807) is 6.20 Å². The number of hydrogen-bond acceptors (Lipinski definition) is 7. The molecule has 32 heavy (non-hydrogen) atoms. The minimum atomic E-state index is 0.321. The summed E-state index contributed by atoms with van der Waals surface area (Å²) in [4.78, 5) is 16.3. The molecule has 3 aromatic heterocycles. The van der Waals surface area contributed by atoms with Gasteiger partial charge in [0.2, 0.25) is 0 Å². The molecule has 8 nitrogen and oxygen atoms in total. The van der Waals surface area contributed by atoms with Crippen LogP contribution in [0.3, 0.4) is 0 Å². The summed E-state index contributed by atoms with van der Waals surface area (Å²) in [5.41, 5.74) is 3.11. The monoisotopic (exact) mass is 605 g/mol. The topological polar surface area (TPSA) is 81.0 Å². The second kappa shape index (κ2) is 9.33. The zero-order chi connectivity index (χ0) is 22.3. The van der Waals surface area contributed by atoms with Crippen molar-refractivity contribution in [3.8, 4) is 11.3 Å². The number of ether oxygens (including phenoxy) is 1. The van der Waals surface area contributed by atoms with E-state index in [-0.39, 0.29) is 0 Å². The van der Waals surface area contributed by atoms with E-state index in [0.29, 0.717) is 39.0 Å². The van der Waals surface area contributed by atoms with Gasteiger partial charge < -0.3 is 15.0 Å². The van der Waals surface area contributed by atoms with Gasteiger partial charge in [0.05, 0.1) is 18.0 Å². The summed E-state index contributed by atoms with van der Waals surface area (Å²) in [6.07, 6.45) is 5.40. The second-order valence-corrected chi connectivity index (χ2v) is 11.0. The third-order valence-electron chi connectivity index (χ3n) is 6.32. The molecule has 1 unspecified atom stereocenters. The summed E-state index contributed by atoms with van der Waals surface area (Å²) in [5.74, 6) is 1.35. The molecule has 5 rings (SSSR count). The van der Waals surface area contributed by atoms with Crippen molar-refractivity contribution in [1.82, 2.24) is 24.5 Å². The molecule has 2 saturated heterocycles. The van der Waals surface area contributed by atoms with Gasteiger partial charge in [0.25, 0.3) is 0 Å². The van der Waals surface area contributed by atoms with Gasteiger partial charge in [-0.05, 0) is 59.7 Å². The lowest BCUT2D eigenvalue weighted by Gasteiger charge is -2.38. The van der Waals surface area contributed by atoms with Crippen molar-refractivity contribution >= 4 is 74.4 Å². The summed E-state index contributed by atoms with van der Waals surface area (Å²) in [5, 5.41) is 8.88. The van der Waals surface area contributed by atoms with Crippen molar-refractivity contribution in [3.63, 3.8) is 0 Å². The molecule has 1 N–H and O–H groups in total. The molecule has 5 heterocycles. The molecule has 2 aliphatic rings. The molecule has 3 aromatic rings. The van der Waals surface area contributed by atoms with Crippen LogP contribution in [0.5, 0.6) is 0 Å². The molecule has 0 bridgehead atoms. The van der Waals surface area contributed by atoms with Gasteiger partial charge in [-0.3, -0.25) is 0 Å². The van der Waals surface area contributed by atoms with Gasteiger partial charge in [0, 0.05) is 38.0 Å². The van der Waals surface area contributed by atoms with Gasteiger partial charge in [0.1, 0.15) is 17.0 Å². The van der Waals surface area contributed by atoms with Crippen molar-refractivity contribution in [2.45, 2.75) is 26.2 Å². The molecule has 0 aromatic carbocycles. The number of fused-ring (bicyclic) bond motifs is 1. The summed E-state index contributed by atoms with van der Waals surface area (Å²) >= 11 is 15.6. The predicted molar refractivity (Wildman–Crippen MR) is 140 cm³/mol. The van der Waals surface area contributed by atoms with E-state index >= 15 is 0 Å². The van der Waals surface area contributed by atoms with Crippen LogP contribution in [0.15, 0.2) is 12.3 Å². The van der Waals surface area contributed by atoms with Crippen molar-refractivity contribution < 1.29 is 4.74 Å².